The topological polar surface area (TPSA) is 104 Å². The minimum atomic E-state index is -1.22. The number of aliphatic hydroxyl groups is 1. The lowest BCUT2D eigenvalue weighted by Crippen LogP contribution is -2.34. The lowest BCUT2D eigenvalue weighted by Gasteiger charge is -2.10. The Morgan fingerprint density at radius 1 is 1.59 bits per heavy atom. The summed E-state index contributed by atoms with van der Waals surface area (Å²) in [6.07, 6.45) is -0.915. The maximum atomic E-state index is 11.4. The van der Waals surface area contributed by atoms with Crippen LogP contribution in [0.15, 0.2) is 18.2 Å². The first-order valence-electron chi connectivity index (χ1n) is 5.22. The van der Waals surface area contributed by atoms with Crippen LogP contribution in [0.2, 0.25) is 0 Å². The molecule has 1 heterocycles. The van der Waals surface area contributed by atoms with E-state index in [1.54, 1.807) is 18.2 Å². The van der Waals surface area contributed by atoms with Crippen molar-refractivity contribution < 1.29 is 14.7 Å². The molecule has 0 aromatic heterocycles. The Labute approximate surface area is 97.8 Å². The van der Waals surface area contributed by atoms with Crippen LogP contribution < -0.4 is 16.4 Å². The minimum Gasteiger partial charge on any atom is -0.382 e. The van der Waals surface area contributed by atoms with Gasteiger partial charge in [0.05, 0.1) is 6.42 Å². The van der Waals surface area contributed by atoms with E-state index < -0.39 is 12.0 Å². The Hall–Kier alpha value is -1.92. The van der Waals surface area contributed by atoms with Gasteiger partial charge in [0.25, 0.3) is 5.91 Å². The van der Waals surface area contributed by atoms with Crippen molar-refractivity contribution >= 4 is 23.2 Å². The summed E-state index contributed by atoms with van der Waals surface area (Å²) >= 11 is 0. The first-order chi connectivity index (χ1) is 8.10. The predicted molar refractivity (Wildman–Crippen MR) is 62.5 cm³/mol. The SMILES string of the molecule is NCC(O)C(=O)Nc1ccc2c(c1)CC(=O)N2. The van der Waals surface area contributed by atoms with E-state index in [-0.39, 0.29) is 12.5 Å². The molecule has 5 N–H and O–H groups in total. The molecule has 1 aromatic rings. The number of hydrogen-bond donors (Lipinski definition) is 4. The van der Waals surface area contributed by atoms with Crippen molar-refractivity contribution in [3.8, 4) is 0 Å². The van der Waals surface area contributed by atoms with E-state index in [1.165, 1.54) is 0 Å². The standard InChI is InChI=1S/C11H13N3O3/c12-5-9(15)11(17)13-7-1-2-8-6(3-7)4-10(16)14-8/h1-3,9,15H,4-5,12H2,(H,13,17)(H,14,16). The van der Waals surface area contributed by atoms with Gasteiger partial charge in [-0.25, -0.2) is 0 Å². The predicted octanol–water partition coefficient (Wildman–Crippen LogP) is -0.561. The van der Waals surface area contributed by atoms with Crippen molar-refractivity contribution in [1.29, 1.82) is 0 Å². The zero-order chi connectivity index (χ0) is 12.4. The number of carbonyl (C=O) groups excluding carboxylic acids is 2. The highest BCUT2D eigenvalue weighted by Crippen LogP contribution is 2.25. The summed E-state index contributed by atoms with van der Waals surface area (Å²) in [7, 11) is 0. The third kappa shape index (κ3) is 2.43. The fourth-order valence-electron chi connectivity index (χ4n) is 1.64. The molecule has 1 aliphatic rings. The molecule has 0 bridgehead atoms. The summed E-state index contributed by atoms with van der Waals surface area (Å²) in [5.41, 5.74) is 7.29. The summed E-state index contributed by atoms with van der Waals surface area (Å²) in [6.45, 7) is -0.128. The van der Waals surface area contributed by atoms with E-state index in [1.807, 2.05) is 0 Å². The van der Waals surface area contributed by atoms with Crippen LogP contribution >= 0.6 is 0 Å². The van der Waals surface area contributed by atoms with Crippen LogP contribution in [-0.4, -0.2) is 29.6 Å². The summed E-state index contributed by atoms with van der Waals surface area (Å²) < 4.78 is 0. The number of fused-ring (bicyclic) bond motifs is 1. The molecule has 90 valence electrons. The third-order valence-electron chi connectivity index (χ3n) is 2.52. The fraction of sp³-hybridized carbons (Fsp3) is 0.273. The third-order valence-corrected chi connectivity index (χ3v) is 2.52. The number of rotatable bonds is 3. The zero-order valence-electron chi connectivity index (χ0n) is 9.06. The summed E-state index contributed by atoms with van der Waals surface area (Å²) in [5.74, 6) is -0.616. The molecule has 0 saturated carbocycles. The smallest absolute Gasteiger partial charge is 0.254 e. The monoisotopic (exact) mass is 235 g/mol. The molecule has 1 atom stereocenters. The second-order valence-electron chi connectivity index (χ2n) is 3.84. The highest BCUT2D eigenvalue weighted by Gasteiger charge is 2.19. The summed E-state index contributed by atoms with van der Waals surface area (Å²) in [5, 5.41) is 14.4. The quantitative estimate of drug-likeness (QED) is 0.563. The van der Waals surface area contributed by atoms with E-state index in [0.717, 1.165) is 11.3 Å². The van der Waals surface area contributed by atoms with Gasteiger partial charge in [-0.3, -0.25) is 9.59 Å². The molecular formula is C11H13N3O3. The number of hydrogen-bond acceptors (Lipinski definition) is 4. The molecule has 0 saturated heterocycles. The van der Waals surface area contributed by atoms with Crippen molar-refractivity contribution in [2.45, 2.75) is 12.5 Å². The Morgan fingerprint density at radius 2 is 2.35 bits per heavy atom. The Bertz CT molecular complexity index is 473. The van der Waals surface area contributed by atoms with Crippen LogP contribution in [-0.2, 0) is 16.0 Å². The second-order valence-corrected chi connectivity index (χ2v) is 3.84. The van der Waals surface area contributed by atoms with Gasteiger partial charge in [0.1, 0.15) is 6.10 Å². The normalized spacial score (nSPS) is 15.1. The molecule has 2 amide bonds. The molecule has 0 aliphatic carbocycles. The van der Waals surface area contributed by atoms with Crippen molar-refractivity contribution in [1.82, 2.24) is 0 Å². The van der Waals surface area contributed by atoms with Crippen molar-refractivity contribution in [2.75, 3.05) is 17.2 Å². The minimum absolute atomic E-state index is 0.0644. The van der Waals surface area contributed by atoms with Crippen molar-refractivity contribution in [3.05, 3.63) is 23.8 Å². The molecule has 6 heteroatoms. The maximum absolute atomic E-state index is 11.4. The number of nitrogens with one attached hydrogen (secondary N) is 2. The van der Waals surface area contributed by atoms with Crippen LogP contribution in [0.3, 0.4) is 0 Å². The van der Waals surface area contributed by atoms with Gasteiger partial charge in [-0.2, -0.15) is 0 Å². The van der Waals surface area contributed by atoms with E-state index in [4.69, 9.17) is 5.73 Å². The molecule has 0 radical (unpaired) electrons. The number of carbonyl (C=O) groups is 2. The van der Waals surface area contributed by atoms with Gasteiger partial charge in [-0.05, 0) is 23.8 Å². The van der Waals surface area contributed by atoms with Gasteiger partial charge in [-0.15, -0.1) is 0 Å². The Kier molecular flexibility index (Phi) is 3.08. The van der Waals surface area contributed by atoms with Gasteiger partial charge in [0, 0.05) is 17.9 Å². The van der Waals surface area contributed by atoms with Crippen LogP contribution in [0, 0.1) is 0 Å². The van der Waals surface area contributed by atoms with E-state index in [9.17, 15) is 14.7 Å². The largest absolute Gasteiger partial charge is 0.382 e. The number of aliphatic hydroxyl groups excluding tert-OH is 1. The molecule has 1 unspecified atom stereocenters. The summed E-state index contributed by atoms with van der Waals surface area (Å²) in [6, 6.07) is 5.07. The first kappa shape index (κ1) is 11.6. The number of nitrogens with two attached hydrogens (primary N) is 1. The maximum Gasteiger partial charge on any atom is 0.254 e. The van der Waals surface area contributed by atoms with Gasteiger partial charge >= 0.3 is 0 Å². The average molecular weight is 235 g/mol. The van der Waals surface area contributed by atoms with Crippen molar-refractivity contribution in [2.24, 2.45) is 5.73 Å². The second kappa shape index (κ2) is 4.52. The highest BCUT2D eigenvalue weighted by molar-refractivity contribution is 6.00. The van der Waals surface area contributed by atoms with Gasteiger partial charge < -0.3 is 21.5 Å². The number of amides is 2. The Morgan fingerprint density at radius 3 is 3.06 bits per heavy atom. The molecular weight excluding hydrogens is 222 g/mol. The lowest BCUT2D eigenvalue weighted by molar-refractivity contribution is -0.123. The lowest BCUT2D eigenvalue weighted by atomic mass is 10.1. The molecule has 0 fully saturated rings. The summed E-state index contributed by atoms with van der Waals surface area (Å²) in [4.78, 5) is 22.5. The fourth-order valence-corrected chi connectivity index (χ4v) is 1.64. The van der Waals surface area contributed by atoms with Gasteiger partial charge in [0.15, 0.2) is 0 Å². The van der Waals surface area contributed by atoms with Crippen LogP contribution in [0.25, 0.3) is 0 Å². The highest BCUT2D eigenvalue weighted by atomic mass is 16.3. The first-order valence-corrected chi connectivity index (χ1v) is 5.22. The van der Waals surface area contributed by atoms with Crippen LogP contribution in [0.5, 0.6) is 0 Å². The molecule has 0 spiro atoms. The van der Waals surface area contributed by atoms with E-state index in [2.05, 4.69) is 10.6 Å². The molecule has 2 rings (SSSR count). The molecule has 17 heavy (non-hydrogen) atoms. The molecule has 1 aromatic carbocycles. The van der Waals surface area contributed by atoms with Crippen LogP contribution in [0.4, 0.5) is 11.4 Å². The van der Waals surface area contributed by atoms with Gasteiger partial charge in [0.2, 0.25) is 5.91 Å². The van der Waals surface area contributed by atoms with E-state index in [0.29, 0.717) is 12.1 Å². The molecule has 6 nitrogen and oxygen atoms in total. The van der Waals surface area contributed by atoms with E-state index >= 15 is 0 Å². The van der Waals surface area contributed by atoms with Crippen molar-refractivity contribution in [3.63, 3.8) is 0 Å². The zero-order valence-corrected chi connectivity index (χ0v) is 9.06. The average Bonchev–Trinajstić information content (AvgIpc) is 2.67. The van der Waals surface area contributed by atoms with Crippen LogP contribution in [0.1, 0.15) is 5.56 Å². The molecule has 1 aliphatic heterocycles. The number of anilines is 2. The number of benzene rings is 1. The van der Waals surface area contributed by atoms with Gasteiger partial charge in [-0.1, -0.05) is 0 Å². The Balaban J connectivity index is 2.11.